The lowest BCUT2D eigenvalue weighted by Crippen LogP contribution is -2.39. The molecular weight excluding hydrogens is 347 g/mol. The van der Waals surface area contributed by atoms with Gasteiger partial charge in [-0.1, -0.05) is 17.3 Å². The smallest absolute Gasteiger partial charge is 0.257 e. The average Bonchev–Trinajstić information content (AvgIpc) is 3.27. The van der Waals surface area contributed by atoms with E-state index < -0.39 is 5.82 Å². The molecule has 3 aromatic rings. The van der Waals surface area contributed by atoms with E-state index in [4.69, 9.17) is 4.52 Å². The van der Waals surface area contributed by atoms with Crippen molar-refractivity contribution in [2.24, 2.45) is 7.05 Å². The van der Waals surface area contributed by atoms with Crippen LogP contribution in [0.3, 0.4) is 0 Å². The summed E-state index contributed by atoms with van der Waals surface area (Å²) in [4.78, 5) is 14.9. The van der Waals surface area contributed by atoms with Crippen molar-refractivity contribution in [2.75, 3.05) is 6.54 Å². The minimum Gasteiger partial charge on any atom is -0.356 e. The van der Waals surface area contributed by atoms with E-state index in [2.05, 4.69) is 10.3 Å². The Bertz CT molecular complexity index is 978. The van der Waals surface area contributed by atoms with Gasteiger partial charge in [0.25, 0.3) is 5.91 Å². The van der Waals surface area contributed by atoms with Gasteiger partial charge in [-0.05, 0) is 38.3 Å². The molecule has 1 aliphatic rings. The van der Waals surface area contributed by atoms with Gasteiger partial charge in [-0.3, -0.25) is 9.48 Å². The molecule has 0 N–H and O–H groups in total. The SMILES string of the molecule is Cc1cc(-c2cnn(C)c2[C@H]2CCCCN2C(=O)c2ccccc2F)on1. The lowest BCUT2D eigenvalue weighted by molar-refractivity contribution is 0.0597. The maximum absolute atomic E-state index is 14.2. The lowest BCUT2D eigenvalue weighted by atomic mass is 9.95. The molecule has 0 spiro atoms. The highest BCUT2D eigenvalue weighted by atomic mass is 19.1. The zero-order valence-electron chi connectivity index (χ0n) is 15.4. The maximum Gasteiger partial charge on any atom is 0.257 e. The van der Waals surface area contributed by atoms with Gasteiger partial charge < -0.3 is 9.42 Å². The van der Waals surface area contributed by atoms with Crippen LogP contribution in [-0.4, -0.2) is 32.3 Å². The van der Waals surface area contributed by atoms with Gasteiger partial charge in [-0.25, -0.2) is 4.39 Å². The Balaban J connectivity index is 1.75. The van der Waals surface area contributed by atoms with E-state index in [1.54, 1.807) is 27.9 Å². The van der Waals surface area contributed by atoms with Crippen molar-refractivity contribution >= 4 is 5.91 Å². The molecule has 0 bridgehead atoms. The van der Waals surface area contributed by atoms with Gasteiger partial charge in [0.2, 0.25) is 0 Å². The first-order chi connectivity index (χ1) is 13.1. The van der Waals surface area contributed by atoms with Crippen LogP contribution < -0.4 is 0 Å². The Labute approximate surface area is 156 Å². The quantitative estimate of drug-likeness (QED) is 0.704. The van der Waals surface area contributed by atoms with Crippen molar-refractivity contribution in [1.82, 2.24) is 19.8 Å². The molecule has 6 nitrogen and oxygen atoms in total. The van der Waals surface area contributed by atoms with Crippen LogP contribution in [0.2, 0.25) is 0 Å². The normalized spacial score (nSPS) is 17.3. The van der Waals surface area contributed by atoms with Crippen LogP contribution >= 0.6 is 0 Å². The lowest BCUT2D eigenvalue weighted by Gasteiger charge is -2.36. The number of amides is 1. The number of nitrogens with zero attached hydrogens (tertiary/aromatic N) is 4. The second kappa shape index (κ2) is 6.98. The number of hydrogen-bond donors (Lipinski definition) is 0. The van der Waals surface area contributed by atoms with E-state index in [9.17, 15) is 9.18 Å². The van der Waals surface area contributed by atoms with Crippen molar-refractivity contribution < 1.29 is 13.7 Å². The molecule has 1 fully saturated rings. The second-order valence-electron chi connectivity index (χ2n) is 6.89. The molecule has 7 heteroatoms. The van der Waals surface area contributed by atoms with Gasteiger partial charge in [0.15, 0.2) is 5.76 Å². The number of aromatic nitrogens is 3. The predicted octanol–water partition coefficient (Wildman–Crippen LogP) is 3.89. The minimum absolute atomic E-state index is 0.101. The Morgan fingerprint density at radius 3 is 2.85 bits per heavy atom. The Kier molecular flexibility index (Phi) is 4.51. The molecule has 0 aliphatic carbocycles. The van der Waals surface area contributed by atoms with E-state index in [-0.39, 0.29) is 17.5 Å². The fourth-order valence-corrected chi connectivity index (χ4v) is 3.77. The third kappa shape index (κ3) is 3.13. The van der Waals surface area contributed by atoms with Crippen LogP contribution in [-0.2, 0) is 7.05 Å². The topological polar surface area (TPSA) is 64.2 Å². The van der Waals surface area contributed by atoms with Crippen molar-refractivity contribution in [1.29, 1.82) is 0 Å². The van der Waals surface area contributed by atoms with Crippen molar-refractivity contribution in [3.05, 3.63) is 59.3 Å². The van der Waals surface area contributed by atoms with Gasteiger partial charge in [0.1, 0.15) is 5.82 Å². The van der Waals surface area contributed by atoms with Crippen LogP contribution in [0.1, 0.15) is 47.1 Å². The van der Waals surface area contributed by atoms with E-state index in [1.807, 2.05) is 20.0 Å². The van der Waals surface area contributed by atoms with Crippen LogP contribution in [0.15, 0.2) is 41.1 Å². The summed E-state index contributed by atoms with van der Waals surface area (Å²) in [6, 6.07) is 7.78. The summed E-state index contributed by atoms with van der Waals surface area (Å²) >= 11 is 0. The summed E-state index contributed by atoms with van der Waals surface area (Å²) in [5, 5.41) is 8.34. The van der Waals surface area contributed by atoms with Crippen LogP contribution in [0, 0.1) is 12.7 Å². The van der Waals surface area contributed by atoms with E-state index in [0.29, 0.717) is 12.3 Å². The zero-order valence-corrected chi connectivity index (χ0v) is 15.4. The number of piperidine rings is 1. The predicted molar refractivity (Wildman–Crippen MR) is 97.5 cm³/mol. The fourth-order valence-electron chi connectivity index (χ4n) is 3.77. The number of halogens is 1. The Hall–Kier alpha value is -2.96. The molecule has 1 saturated heterocycles. The number of rotatable bonds is 3. The maximum atomic E-state index is 14.2. The number of aryl methyl sites for hydroxylation is 2. The first kappa shape index (κ1) is 17.5. The summed E-state index contributed by atoms with van der Waals surface area (Å²) in [6.45, 7) is 2.44. The molecule has 1 amide bonds. The highest BCUT2D eigenvalue weighted by Gasteiger charge is 2.34. The molecule has 3 heterocycles. The molecule has 27 heavy (non-hydrogen) atoms. The molecule has 4 rings (SSSR count). The summed E-state index contributed by atoms with van der Waals surface area (Å²) in [7, 11) is 1.85. The number of carbonyl (C=O) groups is 1. The number of carbonyl (C=O) groups excluding carboxylic acids is 1. The van der Waals surface area contributed by atoms with Gasteiger partial charge >= 0.3 is 0 Å². The van der Waals surface area contributed by atoms with Crippen LogP contribution in [0.25, 0.3) is 11.3 Å². The van der Waals surface area contributed by atoms with Crippen molar-refractivity contribution in [2.45, 2.75) is 32.2 Å². The summed E-state index contributed by atoms with van der Waals surface area (Å²) < 4.78 is 21.4. The summed E-state index contributed by atoms with van der Waals surface area (Å²) in [6.07, 6.45) is 4.41. The zero-order chi connectivity index (χ0) is 19.0. The third-order valence-corrected chi connectivity index (χ3v) is 5.06. The molecule has 1 aromatic carbocycles. The van der Waals surface area contributed by atoms with Crippen molar-refractivity contribution in [3.63, 3.8) is 0 Å². The van der Waals surface area contributed by atoms with Gasteiger partial charge in [-0.2, -0.15) is 5.10 Å². The van der Waals surface area contributed by atoms with Crippen molar-refractivity contribution in [3.8, 4) is 11.3 Å². The molecule has 0 unspecified atom stereocenters. The Morgan fingerprint density at radius 2 is 2.11 bits per heavy atom. The largest absolute Gasteiger partial charge is 0.356 e. The first-order valence-electron chi connectivity index (χ1n) is 9.07. The molecule has 0 saturated carbocycles. The molecular formula is C20H21FN4O2. The molecule has 1 aliphatic heterocycles. The van der Waals surface area contributed by atoms with Crippen LogP contribution in [0.4, 0.5) is 4.39 Å². The summed E-state index contributed by atoms with van der Waals surface area (Å²) in [5.41, 5.74) is 2.58. The van der Waals surface area contributed by atoms with Gasteiger partial charge in [-0.15, -0.1) is 0 Å². The minimum atomic E-state index is -0.497. The molecule has 0 radical (unpaired) electrons. The summed E-state index contributed by atoms with van der Waals surface area (Å²) in [5.74, 6) is -0.166. The van der Waals surface area contributed by atoms with E-state index in [0.717, 1.165) is 36.2 Å². The van der Waals surface area contributed by atoms with Crippen LogP contribution in [0.5, 0.6) is 0 Å². The highest BCUT2D eigenvalue weighted by molar-refractivity contribution is 5.95. The fraction of sp³-hybridized carbons (Fsp3) is 0.350. The third-order valence-electron chi connectivity index (χ3n) is 5.06. The second-order valence-corrected chi connectivity index (χ2v) is 6.89. The number of likely N-dealkylation sites (tertiary alicyclic amines) is 1. The standard InChI is InChI=1S/C20H21FN4O2/c1-13-11-18(27-23-13)15-12-22-24(2)19(15)17-9-5-6-10-25(17)20(26)14-7-3-4-8-16(14)21/h3-4,7-8,11-12,17H,5-6,9-10H2,1-2H3/t17-/m1/s1. The first-order valence-corrected chi connectivity index (χ1v) is 9.07. The van der Waals surface area contributed by atoms with E-state index in [1.165, 1.54) is 12.1 Å². The monoisotopic (exact) mass is 368 g/mol. The van der Waals surface area contributed by atoms with Gasteiger partial charge in [0, 0.05) is 19.7 Å². The number of hydrogen-bond acceptors (Lipinski definition) is 4. The number of benzene rings is 1. The molecule has 140 valence electrons. The molecule has 1 atom stereocenters. The highest BCUT2D eigenvalue weighted by Crippen LogP contribution is 2.37. The average molecular weight is 368 g/mol. The van der Waals surface area contributed by atoms with E-state index >= 15 is 0 Å². The van der Waals surface area contributed by atoms with Gasteiger partial charge in [0.05, 0.1) is 34.8 Å². The Morgan fingerprint density at radius 1 is 1.30 bits per heavy atom. The molecule has 2 aromatic heterocycles.